The van der Waals surface area contributed by atoms with Crippen LogP contribution < -0.4 is 4.98 Å². The Morgan fingerprint density at radius 3 is 2.40 bits per heavy atom. The van der Waals surface area contributed by atoms with Gasteiger partial charge in [-0.2, -0.15) is 0 Å². The van der Waals surface area contributed by atoms with E-state index in [9.17, 15) is 22.6 Å². The van der Waals surface area contributed by atoms with Gasteiger partial charge >= 0.3 is 11.9 Å². The smallest absolute Gasteiger partial charge is 0.333 e. The molecule has 2 atom stereocenters. The van der Waals surface area contributed by atoms with Gasteiger partial charge in [-0.3, -0.25) is 4.79 Å². The first-order valence-electron chi connectivity index (χ1n) is 9.52. The molecule has 0 aliphatic heterocycles. The fourth-order valence-corrected chi connectivity index (χ4v) is 2.63. The maximum Gasteiger partial charge on any atom is 0.333 e. The van der Waals surface area contributed by atoms with E-state index in [0.717, 1.165) is 18.5 Å². The Labute approximate surface area is 177 Å². The van der Waals surface area contributed by atoms with E-state index in [-0.39, 0.29) is 30.7 Å². The number of aromatic nitrogens is 1. The second kappa shape index (κ2) is 14.6. The lowest BCUT2D eigenvalue weighted by Crippen LogP contribution is -2.22. The standard InChI is InChI=1S/C14H21NO3.C6H10O5S/c1-3-12(13-6-4-5-7-15-13)10-11(2)14(17)18-9-8-16;1-5(2)6(7)11-3-4-12(8,9)10/h4-7,11-12,16H,3,8-10H2,1-2H3;1,3-4H2,2H3,(H,8,9,10). The van der Waals surface area contributed by atoms with Gasteiger partial charge < -0.3 is 19.1 Å². The van der Waals surface area contributed by atoms with E-state index in [0.29, 0.717) is 5.92 Å². The molecule has 0 saturated heterocycles. The highest BCUT2D eigenvalue weighted by atomic mass is 32.2. The van der Waals surface area contributed by atoms with Crippen molar-refractivity contribution in [3.63, 3.8) is 0 Å². The highest BCUT2D eigenvalue weighted by Gasteiger charge is 2.23. The zero-order valence-electron chi connectivity index (χ0n) is 17.6. The zero-order valence-corrected chi connectivity index (χ0v) is 18.4. The van der Waals surface area contributed by atoms with Crippen LogP contribution in [0.25, 0.3) is 0 Å². The fraction of sp³-hybridized carbons (Fsp3) is 0.550. The molecule has 0 aliphatic carbocycles. The quantitative estimate of drug-likeness (QED) is 0.304. The van der Waals surface area contributed by atoms with E-state index in [2.05, 4.69) is 23.2 Å². The Hall–Kier alpha value is -2.30. The van der Waals surface area contributed by atoms with Gasteiger partial charge in [-0.1, -0.05) is 26.5 Å². The second-order valence-electron chi connectivity index (χ2n) is 6.63. The number of rotatable bonds is 11. The summed E-state index contributed by atoms with van der Waals surface area (Å²) in [5, 5.41) is 8.62. The van der Waals surface area contributed by atoms with E-state index < -0.39 is 28.4 Å². The minimum atomic E-state index is -4.30. The molecule has 30 heavy (non-hydrogen) atoms. The van der Waals surface area contributed by atoms with Gasteiger partial charge in [0.25, 0.3) is 0 Å². The van der Waals surface area contributed by atoms with Gasteiger partial charge in [0.2, 0.25) is 0 Å². The van der Waals surface area contributed by atoms with E-state index in [1.54, 1.807) is 0 Å². The minimum absolute atomic E-state index is 0.0808. The number of pyridine rings is 1. The van der Waals surface area contributed by atoms with Crippen molar-refractivity contribution in [1.29, 1.82) is 0 Å². The van der Waals surface area contributed by atoms with Crippen LogP contribution in [0, 0.1) is 5.92 Å². The van der Waals surface area contributed by atoms with Gasteiger partial charge in [-0.25, -0.2) is 18.2 Å². The van der Waals surface area contributed by atoms with Gasteiger partial charge in [0, 0.05) is 23.6 Å². The third-order valence-corrected chi connectivity index (χ3v) is 4.62. The SMILES string of the molecule is C=C(C)C(=O)OCCS(=O)(=O)[O-].CCC(CC(C)C(=O)OCCO)c1cccc[nH+]1. The molecule has 0 bridgehead atoms. The van der Waals surface area contributed by atoms with E-state index in [1.807, 2.05) is 31.3 Å². The number of nitrogens with one attached hydrogen (secondary N) is 1. The first-order chi connectivity index (χ1) is 14.0. The van der Waals surface area contributed by atoms with Gasteiger partial charge in [0.15, 0.2) is 11.9 Å². The number of carbonyl (C=O) groups is 2. The van der Waals surface area contributed by atoms with Crippen molar-refractivity contribution in [2.24, 2.45) is 5.92 Å². The van der Waals surface area contributed by atoms with Crippen LogP contribution >= 0.6 is 0 Å². The van der Waals surface area contributed by atoms with Crippen LogP contribution in [-0.4, -0.2) is 55.6 Å². The van der Waals surface area contributed by atoms with Crippen LogP contribution in [0.1, 0.15) is 45.2 Å². The van der Waals surface area contributed by atoms with Crippen molar-refractivity contribution >= 4 is 22.1 Å². The highest BCUT2D eigenvalue weighted by Crippen LogP contribution is 2.24. The Bertz CT molecular complexity index is 764. The number of aromatic amines is 1. The molecule has 170 valence electrons. The third kappa shape index (κ3) is 13.0. The van der Waals surface area contributed by atoms with E-state index in [1.165, 1.54) is 6.92 Å². The number of ether oxygens (including phenoxy) is 2. The molecule has 2 unspecified atom stereocenters. The number of aliphatic hydroxyl groups excluding tert-OH is 1. The highest BCUT2D eigenvalue weighted by molar-refractivity contribution is 7.85. The molecule has 2 N–H and O–H groups in total. The Morgan fingerprint density at radius 2 is 1.93 bits per heavy atom. The molecule has 1 aromatic rings. The first-order valence-corrected chi connectivity index (χ1v) is 11.1. The molecule has 0 amide bonds. The molecule has 0 radical (unpaired) electrons. The lowest BCUT2D eigenvalue weighted by Gasteiger charge is -2.15. The van der Waals surface area contributed by atoms with Crippen molar-refractivity contribution < 1.29 is 42.1 Å². The van der Waals surface area contributed by atoms with E-state index in [4.69, 9.17) is 9.84 Å². The molecule has 1 heterocycles. The monoisotopic (exact) mass is 445 g/mol. The average Bonchev–Trinajstić information content (AvgIpc) is 2.69. The summed E-state index contributed by atoms with van der Waals surface area (Å²) in [6.45, 7) is 8.21. The summed E-state index contributed by atoms with van der Waals surface area (Å²) in [7, 11) is -4.30. The van der Waals surface area contributed by atoms with Crippen LogP contribution in [0.4, 0.5) is 0 Å². The number of carbonyl (C=O) groups excluding carboxylic acids is 2. The maximum absolute atomic E-state index is 11.6. The normalized spacial score (nSPS) is 12.7. The third-order valence-electron chi connectivity index (χ3n) is 3.96. The van der Waals surface area contributed by atoms with Crippen molar-refractivity contribution in [3.8, 4) is 0 Å². The molecular formula is C20H31NO8S. The number of hydrogen-bond donors (Lipinski definition) is 1. The summed E-state index contributed by atoms with van der Waals surface area (Å²) in [5.41, 5.74) is 1.31. The van der Waals surface area contributed by atoms with Crippen LogP contribution in [0.15, 0.2) is 36.5 Å². The lowest BCUT2D eigenvalue weighted by molar-refractivity contribution is -0.393. The molecule has 0 saturated carbocycles. The Balaban J connectivity index is 0.000000612. The summed E-state index contributed by atoms with van der Waals surface area (Å²) in [6.07, 6.45) is 3.62. The summed E-state index contributed by atoms with van der Waals surface area (Å²) < 4.78 is 39.3. The van der Waals surface area contributed by atoms with Gasteiger partial charge in [-0.05, 0) is 19.8 Å². The second-order valence-corrected chi connectivity index (χ2v) is 8.15. The Kier molecular flexibility index (Phi) is 13.5. The summed E-state index contributed by atoms with van der Waals surface area (Å²) in [6, 6.07) is 5.97. The topological polar surface area (TPSA) is 144 Å². The molecule has 1 rings (SSSR count). The number of aliphatic hydroxyl groups is 1. The zero-order chi connectivity index (χ0) is 23.2. The molecule has 1 aromatic heterocycles. The first kappa shape index (κ1) is 27.7. The number of H-pyrrole nitrogens is 1. The van der Waals surface area contributed by atoms with Crippen LogP contribution in [0.5, 0.6) is 0 Å². The van der Waals surface area contributed by atoms with Crippen molar-refractivity contribution in [2.75, 3.05) is 25.6 Å². The average molecular weight is 446 g/mol. The molecule has 10 heteroatoms. The van der Waals surface area contributed by atoms with Crippen LogP contribution in [0.2, 0.25) is 0 Å². The molecular weight excluding hydrogens is 414 g/mol. The molecule has 9 nitrogen and oxygen atoms in total. The van der Waals surface area contributed by atoms with Crippen LogP contribution in [-0.2, 0) is 29.2 Å². The van der Waals surface area contributed by atoms with Crippen molar-refractivity contribution in [3.05, 3.63) is 42.2 Å². The fourth-order valence-electron chi connectivity index (χ4n) is 2.35. The van der Waals surface area contributed by atoms with Crippen LogP contribution in [0.3, 0.4) is 0 Å². The number of esters is 2. The molecule has 0 fully saturated rings. The minimum Gasteiger partial charge on any atom is -0.748 e. The number of hydrogen-bond acceptors (Lipinski definition) is 8. The lowest BCUT2D eigenvalue weighted by atomic mass is 9.90. The Morgan fingerprint density at radius 1 is 1.27 bits per heavy atom. The molecule has 0 aliphatic rings. The maximum atomic E-state index is 11.6. The van der Waals surface area contributed by atoms with Gasteiger partial charge in [0.1, 0.15) is 13.2 Å². The molecule has 0 spiro atoms. The van der Waals surface area contributed by atoms with Gasteiger partial charge in [0.05, 0.1) is 28.4 Å². The summed E-state index contributed by atoms with van der Waals surface area (Å²) >= 11 is 0. The summed E-state index contributed by atoms with van der Waals surface area (Å²) in [4.78, 5) is 25.5. The largest absolute Gasteiger partial charge is 0.748 e. The van der Waals surface area contributed by atoms with Gasteiger partial charge in [-0.15, -0.1) is 0 Å². The molecule has 0 aromatic carbocycles. The van der Waals surface area contributed by atoms with Crippen molar-refractivity contribution in [1.82, 2.24) is 0 Å². The van der Waals surface area contributed by atoms with Crippen molar-refractivity contribution in [2.45, 2.75) is 39.5 Å². The predicted molar refractivity (Wildman–Crippen MR) is 108 cm³/mol. The summed E-state index contributed by atoms with van der Waals surface area (Å²) in [5.74, 6) is -1.47. The predicted octanol–water partition coefficient (Wildman–Crippen LogP) is 1.21. The van der Waals surface area contributed by atoms with E-state index >= 15 is 0 Å².